The molecule has 2 aromatic rings. The number of piperidine rings is 1. The fourth-order valence-corrected chi connectivity index (χ4v) is 2.91. The third kappa shape index (κ3) is 4.32. The minimum Gasteiger partial charge on any atom is -0.355 e. The quantitative estimate of drug-likeness (QED) is 0.930. The number of carbonyl (C=O) groups excluding carboxylic acids is 1. The van der Waals surface area contributed by atoms with Gasteiger partial charge in [0.05, 0.1) is 11.3 Å². The molecule has 3 heterocycles. The van der Waals surface area contributed by atoms with Crippen molar-refractivity contribution < 1.29 is 4.79 Å². The predicted molar refractivity (Wildman–Crippen MR) is 97.7 cm³/mol. The van der Waals surface area contributed by atoms with E-state index in [1.165, 1.54) is 0 Å². The molecule has 1 amide bonds. The van der Waals surface area contributed by atoms with Gasteiger partial charge in [-0.05, 0) is 37.1 Å². The van der Waals surface area contributed by atoms with Crippen LogP contribution in [0.2, 0.25) is 0 Å². The summed E-state index contributed by atoms with van der Waals surface area (Å²) in [5, 5.41) is 11.8. The van der Waals surface area contributed by atoms with Crippen LogP contribution < -0.4 is 10.2 Å². The van der Waals surface area contributed by atoms with E-state index < -0.39 is 0 Å². The highest BCUT2D eigenvalue weighted by Crippen LogP contribution is 2.22. The Morgan fingerprint density at radius 1 is 1.16 bits per heavy atom. The van der Waals surface area contributed by atoms with Crippen LogP contribution in [-0.2, 0) is 5.41 Å². The number of anilines is 1. The molecule has 1 aliphatic heterocycles. The molecule has 6 heteroatoms. The van der Waals surface area contributed by atoms with Crippen LogP contribution in [0, 0.1) is 0 Å². The number of aromatic nitrogens is 3. The fraction of sp³-hybridized carbons (Fsp3) is 0.474. The number of nitrogens with zero attached hydrogens (tertiary/aromatic N) is 4. The first-order chi connectivity index (χ1) is 11.9. The highest BCUT2D eigenvalue weighted by atomic mass is 16.1. The highest BCUT2D eigenvalue weighted by Gasteiger charge is 2.23. The third-order valence-electron chi connectivity index (χ3n) is 4.50. The summed E-state index contributed by atoms with van der Waals surface area (Å²) in [7, 11) is 0. The molecule has 0 aliphatic carbocycles. The second-order valence-electron chi connectivity index (χ2n) is 7.50. The molecular formula is C19H25N5O. The summed E-state index contributed by atoms with van der Waals surface area (Å²) in [6.07, 6.45) is 5.06. The average molecular weight is 339 g/mol. The maximum atomic E-state index is 12.2. The molecule has 0 atom stereocenters. The van der Waals surface area contributed by atoms with Gasteiger partial charge < -0.3 is 10.2 Å². The number of pyridine rings is 1. The summed E-state index contributed by atoms with van der Waals surface area (Å²) in [5.74, 6) is 0.853. The van der Waals surface area contributed by atoms with Gasteiger partial charge in [-0.1, -0.05) is 20.8 Å². The van der Waals surface area contributed by atoms with Gasteiger partial charge in [-0.3, -0.25) is 9.78 Å². The number of hydrogen-bond acceptors (Lipinski definition) is 5. The van der Waals surface area contributed by atoms with Crippen molar-refractivity contribution in [3.05, 3.63) is 47.9 Å². The zero-order valence-corrected chi connectivity index (χ0v) is 15.1. The molecular weight excluding hydrogens is 314 g/mol. The van der Waals surface area contributed by atoms with Crippen LogP contribution in [0.25, 0.3) is 0 Å². The summed E-state index contributed by atoms with van der Waals surface area (Å²) in [6, 6.07) is 7.84. The third-order valence-corrected chi connectivity index (χ3v) is 4.50. The van der Waals surface area contributed by atoms with E-state index in [0.29, 0.717) is 5.56 Å². The summed E-state index contributed by atoms with van der Waals surface area (Å²) < 4.78 is 0. The Labute approximate surface area is 148 Å². The first kappa shape index (κ1) is 17.3. The van der Waals surface area contributed by atoms with E-state index in [9.17, 15) is 4.79 Å². The number of amides is 1. The van der Waals surface area contributed by atoms with Gasteiger partial charge in [0.1, 0.15) is 0 Å². The van der Waals surface area contributed by atoms with E-state index >= 15 is 0 Å². The van der Waals surface area contributed by atoms with Crippen molar-refractivity contribution in [2.45, 2.75) is 45.1 Å². The SMILES string of the molecule is CC(C)(C)c1ccc(N2CCC(NC(=O)c3cccnc3)CC2)nn1. The van der Waals surface area contributed by atoms with Gasteiger partial charge in [-0.15, -0.1) is 5.10 Å². The standard InChI is InChI=1S/C19H25N5O/c1-19(2,3)16-6-7-17(23-22-16)24-11-8-15(9-12-24)21-18(25)14-5-4-10-20-13-14/h4-7,10,13,15H,8-9,11-12H2,1-3H3,(H,21,25). The van der Waals surface area contributed by atoms with Crippen LogP contribution in [0.5, 0.6) is 0 Å². The van der Waals surface area contributed by atoms with Crippen LogP contribution in [0.15, 0.2) is 36.7 Å². The average Bonchev–Trinajstić information content (AvgIpc) is 2.62. The maximum absolute atomic E-state index is 12.2. The van der Waals surface area contributed by atoms with Crippen molar-refractivity contribution in [2.75, 3.05) is 18.0 Å². The minimum absolute atomic E-state index is 0.00903. The van der Waals surface area contributed by atoms with E-state index in [1.54, 1.807) is 24.5 Å². The molecule has 3 rings (SSSR count). The first-order valence-electron chi connectivity index (χ1n) is 8.73. The lowest BCUT2D eigenvalue weighted by molar-refractivity contribution is 0.0930. The molecule has 1 N–H and O–H groups in total. The van der Waals surface area contributed by atoms with Gasteiger partial charge in [-0.2, -0.15) is 5.10 Å². The predicted octanol–water partition coefficient (Wildman–Crippen LogP) is 2.57. The molecule has 1 saturated heterocycles. The molecule has 0 spiro atoms. The lowest BCUT2D eigenvalue weighted by Crippen LogP contribution is -2.45. The van der Waals surface area contributed by atoms with Crippen LogP contribution in [0.3, 0.4) is 0 Å². The summed E-state index contributed by atoms with van der Waals surface area (Å²) in [4.78, 5) is 18.4. The molecule has 1 aliphatic rings. The zero-order chi connectivity index (χ0) is 17.9. The molecule has 0 aromatic carbocycles. The Kier molecular flexibility index (Phi) is 4.97. The van der Waals surface area contributed by atoms with Gasteiger partial charge in [-0.25, -0.2) is 0 Å². The Balaban J connectivity index is 1.54. The van der Waals surface area contributed by atoms with E-state index in [-0.39, 0.29) is 17.4 Å². The summed E-state index contributed by atoms with van der Waals surface area (Å²) >= 11 is 0. The van der Waals surface area contributed by atoms with Crippen molar-refractivity contribution in [2.24, 2.45) is 0 Å². The van der Waals surface area contributed by atoms with E-state index in [4.69, 9.17) is 0 Å². The normalized spacial score (nSPS) is 15.9. The van der Waals surface area contributed by atoms with E-state index in [0.717, 1.165) is 37.4 Å². The Bertz CT molecular complexity index is 701. The van der Waals surface area contributed by atoms with Crippen molar-refractivity contribution in [3.63, 3.8) is 0 Å². The van der Waals surface area contributed by atoms with Crippen molar-refractivity contribution >= 4 is 11.7 Å². The number of rotatable bonds is 3. The van der Waals surface area contributed by atoms with Crippen LogP contribution in [0.4, 0.5) is 5.82 Å². The monoisotopic (exact) mass is 339 g/mol. The molecule has 2 aromatic heterocycles. The minimum atomic E-state index is -0.0547. The Morgan fingerprint density at radius 2 is 1.92 bits per heavy atom. The van der Waals surface area contributed by atoms with E-state index in [1.807, 2.05) is 6.07 Å². The second-order valence-corrected chi connectivity index (χ2v) is 7.50. The largest absolute Gasteiger partial charge is 0.355 e. The Morgan fingerprint density at radius 3 is 2.48 bits per heavy atom. The smallest absolute Gasteiger partial charge is 0.253 e. The molecule has 0 radical (unpaired) electrons. The lowest BCUT2D eigenvalue weighted by atomic mass is 9.92. The van der Waals surface area contributed by atoms with Gasteiger partial charge in [0.25, 0.3) is 5.91 Å². The van der Waals surface area contributed by atoms with Gasteiger partial charge >= 0.3 is 0 Å². The highest BCUT2D eigenvalue weighted by molar-refractivity contribution is 5.94. The summed E-state index contributed by atoms with van der Waals surface area (Å²) in [6.45, 7) is 8.12. The Hall–Kier alpha value is -2.50. The molecule has 132 valence electrons. The van der Waals surface area contributed by atoms with Crippen LogP contribution in [-0.4, -0.2) is 40.2 Å². The van der Waals surface area contributed by atoms with E-state index in [2.05, 4.69) is 52.2 Å². The number of carbonyl (C=O) groups is 1. The fourth-order valence-electron chi connectivity index (χ4n) is 2.91. The molecule has 0 unspecified atom stereocenters. The first-order valence-corrected chi connectivity index (χ1v) is 8.73. The topological polar surface area (TPSA) is 71.0 Å². The summed E-state index contributed by atoms with van der Waals surface area (Å²) in [5.41, 5.74) is 1.61. The lowest BCUT2D eigenvalue weighted by Gasteiger charge is -2.33. The zero-order valence-electron chi connectivity index (χ0n) is 15.1. The van der Waals surface area contributed by atoms with Gasteiger partial charge in [0, 0.05) is 36.9 Å². The molecule has 1 fully saturated rings. The van der Waals surface area contributed by atoms with Crippen LogP contribution in [0.1, 0.15) is 49.7 Å². The molecule has 25 heavy (non-hydrogen) atoms. The molecule has 0 saturated carbocycles. The van der Waals surface area contributed by atoms with Crippen molar-refractivity contribution in [3.8, 4) is 0 Å². The van der Waals surface area contributed by atoms with Gasteiger partial charge in [0.2, 0.25) is 0 Å². The second kappa shape index (κ2) is 7.17. The van der Waals surface area contributed by atoms with Crippen molar-refractivity contribution in [1.82, 2.24) is 20.5 Å². The molecule has 6 nitrogen and oxygen atoms in total. The number of nitrogens with one attached hydrogen (secondary N) is 1. The number of hydrogen-bond donors (Lipinski definition) is 1. The van der Waals surface area contributed by atoms with Gasteiger partial charge in [0.15, 0.2) is 5.82 Å². The molecule has 0 bridgehead atoms. The maximum Gasteiger partial charge on any atom is 0.253 e. The van der Waals surface area contributed by atoms with Crippen molar-refractivity contribution in [1.29, 1.82) is 0 Å². The van der Waals surface area contributed by atoms with Crippen LogP contribution >= 0.6 is 0 Å².